The lowest BCUT2D eigenvalue weighted by Gasteiger charge is -2.41. The molecule has 1 unspecified atom stereocenters. The number of aromatic nitrogens is 1. The first kappa shape index (κ1) is 24.8. The summed E-state index contributed by atoms with van der Waals surface area (Å²) in [6.45, 7) is 4.86. The molecule has 1 fully saturated rings. The van der Waals surface area contributed by atoms with Crippen LogP contribution < -0.4 is 15.2 Å². The Morgan fingerprint density at radius 2 is 1.71 bits per heavy atom. The third kappa shape index (κ3) is 5.04. The number of pyridine rings is 1. The Bertz CT molecular complexity index is 1220. The van der Waals surface area contributed by atoms with Crippen LogP contribution in [0, 0.1) is 12.7 Å². The molecule has 0 spiro atoms. The lowest BCUT2D eigenvalue weighted by Crippen LogP contribution is -2.49. The van der Waals surface area contributed by atoms with Gasteiger partial charge in [-0.05, 0) is 31.2 Å². The Balaban J connectivity index is 1.76. The van der Waals surface area contributed by atoms with Gasteiger partial charge >= 0.3 is 0 Å². The summed E-state index contributed by atoms with van der Waals surface area (Å²) < 4.78 is 26.9. The Kier molecular flexibility index (Phi) is 7.73. The summed E-state index contributed by atoms with van der Waals surface area (Å²) in [5.41, 5.74) is 2.07. The Morgan fingerprint density at radius 3 is 2.40 bits per heavy atom. The average molecular weight is 482 g/mol. The normalized spacial score (nSPS) is 15.3. The van der Waals surface area contributed by atoms with E-state index >= 15 is 0 Å². The van der Waals surface area contributed by atoms with Gasteiger partial charge in [-0.25, -0.2) is 4.39 Å². The molecule has 0 amide bonds. The van der Waals surface area contributed by atoms with Gasteiger partial charge in [0.2, 0.25) is 0 Å². The summed E-state index contributed by atoms with van der Waals surface area (Å²) in [6.07, 6.45) is 0. The summed E-state index contributed by atoms with van der Waals surface area (Å²) in [5, 5.41) is 11.0. The number of aromatic hydroxyl groups is 1. The largest absolute Gasteiger partial charge is 0.507 e. The molecule has 35 heavy (non-hydrogen) atoms. The van der Waals surface area contributed by atoms with Gasteiger partial charge < -0.3 is 24.0 Å². The monoisotopic (exact) mass is 481 g/mol. The summed E-state index contributed by atoms with van der Waals surface area (Å²) in [4.78, 5) is 17.9. The predicted molar refractivity (Wildman–Crippen MR) is 134 cm³/mol. The second-order valence-electron chi connectivity index (χ2n) is 8.65. The first-order valence-electron chi connectivity index (χ1n) is 11.7. The lowest BCUT2D eigenvalue weighted by atomic mass is 9.95. The molecule has 2 aromatic carbocycles. The van der Waals surface area contributed by atoms with E-state index in [1.807, 2.05) is 35.2 Å². The van der Waals surface area contributed by atoms with E-state index in [0.717, 1.165) is 5.56 Å². The topological polar surface area (TPSA) is 67.2 Å². The van der Waals surface area contributed by atoms with E-state index in [2.05, 4.69) is 4.90 Å². The van der Waals surface area contributed by atoms with Crippen molar-refractivity contribution in [1.29, 1.82) is 0 Å². The van der Waals surface area contributed by atoms with Crippen LogP contribution in [-0.4, -0.2) is 61.6 Å². The highest BCUT2D eigenvalue weighted by Crippen LogP contribution is 2.38. The Hall–Kier alpha value is -3.36. The zero-order valence-electron chi connectivity index (χ0n) is 20.4. The molecule has 1 aliphatic rings. The van der Waals surface area contributed by atoms with Gasteiger partial charge in [-0.15, -0.1) is 0 Å². The van der Waals surface area contributed by atoms with Gasteiger partial charge in [0.05, 0.1) is 31.0 Å². The van der Waals surface area contributed by atoms with Crippen molar-refractivity contribution in [2.24, 2.45) is 0 Å². The van der Waals surface area contributed by atoms with Crippen LogP contribution in [0.25, 0.3) is 0 Å². The van der Waals surface area contributed by atoms with Gasteiger partial charge in [0.15, 0.2) is 0 Å². The first-order chi connectivity index (χ1) is 17.0. The number of rotatable bonds is 8. The Labute approximate surface area is 204 Å². The van der Waals surface area contributed by atoms with Crippen molar-refractivity contribution in [3.63, 3.8) is 0 Å². The van der Waals surface area contributed by atoms with E-state index in [1.54, 1.807) is 43.9 Å². The van der Waals surface area contributed by atoms with E-state index in [0.29, 0.717) is 62.0 Å². The van der Waals surface area contributed by atoms with Gasteiger partial charge in [-0.2, -0.15) is 0 Å². The van der Waals surface area contributed by atoms with Crippen molar-refractivity contribution in [2.75, 3.05) is 51.9 Å². The number of methoxy groups -OCH3 is 2. The lowest BCUT2D eigenvalue weighted by molar-refractivity contribution is 0.183. The molecule has 8 heteroatoms. The molecular weight excluding hydrogens is 449 g/mol. The highest BCUT2D eigenvalue weighted by molar-refractivity contribution is 5.49. The molecule has 0 radical (unpaired) electrons. The number of aryl methyl sites for hydroxylation is 1. The van der Waals surface area contributed by atoms with Crippen LogP contribution in [0.1, 0.15) is 22.9 Å². The molecule has 1 saturated heterocycles. The summed E-state index contributed by atoms with van der Waals surface area (Å²) in [7, 11) is 3.19. The van der Waals surface area contributed by atoms with Gasteiger partial charge in [-0.3, -0.25) is 9.69 Å². The van der Waals surface area contributed by atoms with Gasteiger partial charge in [-0.1, -0.05) is 30.3 Å². The number of hydrogen-bond donors (Lipinski definition) is 1. The molecule has 1 aromatic heterocycles. The van der Waals surface area contributed by atoms with Crippen molar-refractivity contribution >= 4 is 5.69 Å². The van der Waals surface area contributed by atoms with Gasteiger partial charge in [0, 0.05) is 51.1 Å². The van der Waals surface area contributed by atoms with Gasteiger partial charge in [0.25, 0.3) is 5.56 Å². The maximum Gasteiger partial charge on any atom is 0.259 e. The van der Waals surface area contributed by atoms with Gasteiger partial charge in [0.1, 0.15) is 17.3 Å². The number of benzene rings is 2. The van der Waals surface area contributed by atoms with E-state index < -0.39 is 6.04 Å². The highest BCUT2D eigenvalue weighted by Gasteiger charge is 2.33. The molecule has 1 N–H and O–H groups in total. The number of para-hydroxylation sites is 2. The minimum atomic E-state index is -0.532. The summed E-state index contributed by atoms with van der Waals surface area (Å²) in [6, 6.07) is 15.4. The van der Waals surface area contributed by atoms with Crippen LogP contribution in [-0.2, 0) is 11.3 Å². The summed E-state index contributed by atoms with van der Waals surface area (Å²) in [5.74, 6) is 0.338. The standard InChI is InChI=1S/C27H32FN3O4/c1-19-18-23(32)25(27(33)31(19)16-17-34-2)26(20-8-4-7-11-24(20)35-3)30-14-12-29(13-15-30)22-10-6-5-9-21(22)28/h4-11,18,26,32H,12-17H2,1-3H3. The highest BCUT2D eigenvalue weighted by atomic mass is 19.1. The van der Waals surface area contributed by atoms with E-state index in [9.17, 15) is 14.3 Å². The Morgan fingerprint density at radius 1 is 1.03 bits per heavy atom. The minimum absolute atomic E-state index is 0.0476. The number of ether oxygens (including phenoxy) is 2. The third-order valence-corrected chi connectivity index (χ3v) is 6.62. The second-order valence-corrected chi connectivity index (χ2v) is 8.65. The van der Waals surface area contributed by atoms with Crippen LogP contribution in [0.15, 0.2) is 59.4 Å². The zero-order chi connectivity index (χ0) is 24.9. The molecule has 0 saturated carbocycles. The maximum absolute atomic E-state index is 14.4. The number of nitrogens with zero attached hydrogens (tertiary/aromatic N) is 3. The molecule has 1 atom stereocenters. The van der Waals surface area contributed by atoms with Crippen molar-refractivity contribution in [1.82, 2.24) is 9.47 Å². The molecule has 2 heterocycles. The molecule has 3 aromatic rings. The van der Waals surface area contributed by atoms with Crippen LogP contribution in [0.2, 0.25) is 0 Å². The van der Waals surface area contributed by atoms with Crippen molar-refractivity contribution < 1.29 is 19.0 Å². The summed E-state index contributed by atoms with van der Waals surface area (Å²) >= 11 is 0. The average Bonchev–Trinajstić information content (AvgIpc) is 2.87. The molecule has 4 rings (SSSR count). The van der Waals surface area contributed by atoms with E-state index in [1.165, 1.54) is 6.07 Å². The van der Waals surface area contributed by atoms with Crippen molar-refractivity contribution in [2.45, 2.75) is 19.5 Å². The first-order valence-corrected chi connectivity index (χ1v) is 11.7. The molecular formula is C27H32FN3O4. The fraction of sp³-hybridized carbons (Fsp3) is 0.370. The molecule has 7 nitrogen and oxygen atoms in total. The van der Waals surface area contributed by atoms with Crippen molar-refractivity contribution in [3.05, 3.63) is 87.6 Å². The third-order valence-electron chi connectivity index (χ3n) is 6.62. The zero-order valence-corrected chi connectivity index (χ0v) is 20.4. The second kappa shape index (κ2) is 10.9. The van der Waals surface area contributed by atoms with Crippen LogP contribution in [0.5, 0.6) is 11.5 Å². The van der Waals surface area contributed by atoms with E-state index in [-0.39, 0.29) is 17.1 Å². The fourth-order valence-corrected chi connectivity index (χ4v) is 4.84. The van der Waals surface area contributed by atoms with E-state index in [4.69, 9.17) is 9.47 Å². The smallest absolute Gasteiger partial charge is 0.259 e. The number of hydrogen-bond acceptors (Lipinski definition) is 6. The number of halogens is 1. The van der Waals surface area contributed by atoms with Crippen molar-refractivity contribution in [3.8, 4) is 11.5 Å². The molecule has 186 valence electrons. The van der Waals surface area contributed by atoms with Crippen LogP contribution in [0.4, 0.5) is 10.1 Å². The fourth-order valence-electron chi connectivity index (χ4n) is 4.84. The SMILES string of the molecule is COCCn1c(C)cc(O)c(C(c2ccccc2OC)N2CCN(c3ccccc3F)CC2)c1=O. The predicted octanol–water partition coefficient (Wildman–Crippen LogP) is 3.57. The maximum atomic E-state index is 14.4. The minimum Gasteiger partial charge on any atom is -0.507 e. The van der Waals surface area contributed by atoms with Crippen LogP contribution >= 0.6 is 0 Å². The quantitative estimate of drug-likeness (QED) is 0.531. The number of anilines is 1. The molecule has 1 aliphatic heterocycles. The van der Waals surface area contributed by atoms with Crippen LogP contribution in [0.3, 0.4) is 0 Å². The number of piperazine rings is 1. The molecule has 0 aliphatic carbocycles. The molecule has 0 bridgehead atoms.